The van der Waals surface area contributed by atoms with Gasteiger partial charge >= 0.3 is 11.9 Å². The van der Waals surface area contributed by atoms with Crippen LogP contribution >= 0.6 is 0 Å². The molecule has 72 heavy (non-hydrogen) atoms. The maximum Gasteiger partial charge on any atom is 0.306 e. The molecule has 2 atom stereocenters. The van der Waals surface area contributed by atoms with Crippen molar-refractivity contribution >= 4 is 17.9 Å². The highest BCUT2D eigenvalue weighted by molar-refractivity contribution is 5.70. The Kier molecular flexibility index (Phi) is 50.7. The van der Waals surface area contributed by atoms with E-state index in [0.717, 1.165) is 96.3 Å². The predicted molar refractivity (Wildman–Crippen MR) is 301 cm³/mol. The topological polar surface area (TPSA) is 111 Å². The predicted octanol–water partition coefficient (Wildman–Crippen LogP) is 15.6. The molecule has 0 aliphatic carbocycles. The van der Waals surface area contributed by atoms with Crippen molar-refractivity contribution in [3.05, 3.63) is 97.2 Å². The molecular weight excluding hydrogens is 899 g/mol. The van der Waals surface area contributed by atoms with E-state index in [9.17, 15) is 19.5 Å². The highest BCUT2D eigenvalue weighted by Crippen LogP contribution is 2.16. The number of ether oxygens (including phenoxy) is 4. The quantitative estimate of drug-likeness (QED) is 0.0195. The zero-order valence-electron chi connectivity index (χ0n) is 46.8. The number of allylic oxidation sites excluding steroid dienone is 16. The first-order chi connectivity index (χ1) is 35.1. The Labute approximate surface area is 442 Å². The van der Waals surface area contributed by atoms with Crippen molar-refractivity contribution in [3.63, 3.8) is 0 Å². The van der Waals surface area contributed by atoms with Crippen molar-refractivity contribution in [1.82, 2.24) is 0 Å². The van der Waals surface area contributed by atoms with Crippen LogP contribution in [0.2, 0.25) is 0 Å². The van der Waals surface area contributed by atoms with Crippen LogP contribution in [0.15, 0.2) is 97.2 Å². The summed E-state index contributed by atoms with van der Waals surface area (Å²) in [5, 5.41) is 11.7. The van der Waals surface area contributed by atoms with Gasteiger partial charge in [0, 0.05) is 12.8 Å². The van der Waals surface area contributed by atoms with E-state index >= 15 is 0 Å². The highest BCUT2D eigenvalue weighted by atomic mass is 16.7. The number of quaternary nitrogens is 1. The molecule has 0 aliphatic heterocycles. The maximum absolute atomic E-state index is 12.8. The molecule has 0 rings (SSSR count). The Bertz CT molecular complexity index is 1500. The summed E-state index contributed by atoms with van der Waals surface area (Å²) < 4.78 is 22.5. The molecule has 0 aromatic carbocycles. The number of hydrogen-bond acceptors (Lipinski definition) is 8. The van der Waals surface area contributed by atoms with Crippen LogP contribution in [0, 0.1) is 0 Å². The second kappa shape index (κ2) is 53.5. The van der Waals surface area contributed by atoms with Crippen molar-refractivity contribution in [2.75, 3.05) is 47.5 Å². The summed E-state index contributed by atoms with van der Waals surface area (Å²) in [6.07, 6.45) is 69.5. The molecule has 2 unspecified atom stereocenters. The third-order valence-corrected chi connectivity index (χ3v) is 12.1. The lowest BCUT2D eigenvalue weighted by Gasteiger charge is -2.26. The number of carbonyl (C=O) groups is 3. The van der Waals surface area contributed by atoms with Gasteiger partial charge in [0.15, 0.2) is 12.4 Å². The molecule has 0 radical (unpaired) electrons. The lowest BCUT2D eigenvalue weighted by molar-refractivity contribution is -0.870. The molecule has 412 valence electrons. The number of hydrogen-bond donors (Lipinski definition) is 0. The van der Waals surface area contributed by atoms with Gasteiger partial charge in [0.05, 0.1) is 40.3 Å². The van der Waals surface area contributed by atoms with Crippen LogP contribution in [0.4, 0.5) is 0 Å². The summed E-state index contributed by atoms with van der Waals surface area (Å²) in [6.45, 7) is 4.55. The molecule has 0 saturated carbocycles. The highest BCUT2D eigenvalue weighted by Gasteiger charge is 2.22. The Balaban J connectivity index is 3.91. The molecule has 0 amide bonds. The lowest BCUT2D eigenvalue weighted by Crippen LogP contribution is -2.44. The molecule has 9 heteroatoms. The number of nitrogens with zero attached hydrogens (tertiary/aromatic N) is 1. The Morgan fingerprint density at radius 2 is 0.792 bits per heavy atom. The zero-order valence-corrected chi connectivity index (χ0v) is 46.8. The number of carboxylic acids is 1. The minimum absolute atomic E-state index is 0.146. The number of carbonyl (C=O) groups excluding carboxylic acids is 3. The summed E-state index contributed by atoms with van der Waals surface area (Å²) in [5.74, 6) is -2.29. The van der Waals surface area contributed by atoms with E-state index < -0.39 is 24.3 Å². The third-order valence-electron chi connectivity index (χ3n) is 12.1. The van der Waals surface area contributed by atoms with E-state index in [1.165, 1.54) is 96.3 Å². The van der Waals surface area contributed by atoms with Crippen molar-refractivity contribution < 1.29 is 42.9 Å². The van der Waals surface area contributed by atoms with Crippen LogP contribution in [0.1, 0.15) is 226 Å². The molecule has 0 aromatic rings. The molecule has 0 heterocycles. The SMILES string of the molecule is CC/C=C\C/C=C\C/C=C\C/C=C\C/C=C\C/C=C\C/C=C\C/C=C\CCCCCCCCCCCCCCCCCCC(=O)OC(COC(=O)CCCCCCCC)COC(OCC[N+](C)(C)C)C(=O)[O-]. The molecule has 0 spiro atoms. The average molecular weight is 1010 g/mol. The maximum atomic E-state index is 12.8. The summed E-state index contributed by atoms with van der Waals surface area (Å²) >= 11 is 0. The van der Waals surface area contributed by atoms with Crippen LogP contribution in [0.5, 0.6) is 0 Å². The first-order valence-electron chi connectivity index (χ1n) is 28.9. The van der Waals surface area contributed by atoms with E-state index in [2.05, 4.69) is 111 Å². The van der Waals surface area contributed by atoms with Crippen LogP contribution in [-0.2, 0) is 33.3 Å². The van der Waals surface area contributed by atoms with E-state index in [1.807, 2.05) is 21.1 Å². The fourth-order valence-corrected chi connectivity index (χ4v) is 7.67. The van der Waals surface area contributed by atoms with Gasteiger partial charge in [-0.15, -0.1) is 0 Å². The summed E-state index contributed by atoms with van der Waals surface area (Å²) in [7, 11) is 5.90. The molecule has 0 fully saturated rings. The molecule has 0 saturated heterocycles. The smallest absolute Gasteiger partial charge is 0.306 e. The minimum Gasteiger partial charge on any atom is -0.545 e. The number of likely N-dealkylation sites (N-methyl/N-ethyl adjacent to an activating group) is 1. The Morgan fingerprint density at radius 3 is 1.18 bits per heavy atom. The van der Waals surface area contributed by atoms with Crippen molar-refractivity contribution in [2.45, 2.75) is 238 Å². The van der Waals surface area contributed by atoms with Gasteiger partial charge in [-0.1, -0.05) is 233 Å². The normalized spacial score (nSPS) is 13.5. The molecule has 0 aliphatic rings. The fraction of sp³-hybridized carbons (Fsp3) is 0.698. The van der Waals surface area contributed by atoms with Crippen LogP contribution in [-0.4, -0.2) is 82.3 Å². The summed E-state index contributed by atoms with van der Waals surface area (Å²) in [5.41, 5.74) is 0. The zero-order chi connectivity index (χ0) is 52.7. The van der Waals surface area contributed by atoms with Gasteiger partial charge in [0.1, 0.15) is 13.2 Å². The van der Waals surface area contributed by atoms with E-state index in [0.29, 0.717) is 17.4 Å². The number of esters is 2. The number of aliphatic carboxylic acids is 1. The van der Waals surface area contributed by atoms with Gasteiger partial charge in [-0.3, -0.25) is 9.59 Å². The monoisotopic (exact) mass is 1010 g/mol. The number of carboxylic acid groups (broad SMARTS) is 1. The van der Waals surface area contributed by atoms with Crippen LogP contribution in [0.3, 0.4) is 0 Å². The van der Waals surface area contributed by atoms with Gasteiger partial charge in [0.25, 0.3) is 0 Å². The molecule has 0 aromatic heterocycles. The van der Waals surface area contributed by atoms with E-state index in [1.54, 1.807) is 0 Å². The van der Waals surface area contributed by atoms with Gasteiger partial charge in [-0.25, -0.2) is 0 Å². The second-order valence-corrected chi connectivity index (χ2v) is 20.2. The van der Waals surface area contributed by atoms with Gasteiger partial charge in [0.2, 0.25) is 0 Å². The molecular formula is C63H107NO8. The average Bonchev–Trinajstić information content (AvgIpc) is 3.35. The van der Waals surface area contributed by atoms with Gasteiger partial charge in [-0.2, -0.15) is 0 Å². The molecule has 0 bridgehead atoms. The second-order valence-electron chi connectivity index (χ2n) is 20.2. The molecule has 9 nitrogen and oxygen atoms in total. The third kappa shape index (κ3) is 54.0. The number of unbranched alkanes of at least 4 members (excludes halogenated alkanes) is 21. The Morgan fingerprint density at radius 1 is 0.431 bits per heavy atom. The van der Waals surface area contributed by atoms with Crippen LogP contribution in [0.25, 0.3) is 0 Å². The van der Waals surface area contributed by atoms with Crippen molar-refractivity contribution in [2.24, 2.45) is 0 Å². The largest absolute Gasteiger partial charge is 0.545 e. The lowest BCUT2D eigenvalue weighted by atomic mass is 10.0. The van der Waals surface area contributed by atoms with Crippen molar-refractivity contribution in [1.29, 1.82) is 0 Å². The number of rotatable bonds is 52. The van der Waals surface area contributed by atoms with Gasteiger partial charge in [-0.05, 0) is 77.0 Å². The first kappa shape index (κ1) is 68.2. The summed E-state index contributed by atoms with van der Waals surface area (Å²) in [4.78, 5) is 36.9. The standard InChI is InChI=1S/C63H107NO8/c1-6-8-10-12-14-15-16-17-18-19-20-21-22-23-24-25-26-27-28-29-30-31-32-33-34-35-36-37-38-39-40-41-42-43-44-45-46-47-48-50-52-54-61(66)72-59(57-70-60(65)53-51-49-13-11-9-7-2)58-71-63(62(67)68)69-56-55-64(3,4)5/h8,10,14-15,17-18,20-21,23-24,26-27,29-30,32-33,59,63H,6-7,9,11-13,16,19,22,25,28,31,34-58H2,1-5H3/b10-8-,15-14-,18-17-,21-20-,24-23-,27-26-,30-29-,33-32-. The summed E-state index contributed by atoms with van der Waals surface area (Å²) in [6, 6.07) is 0. The minimum atomic E-state index is -1.62. The fourth-order valence-electron chi connectivity index (χ4n) is 7.67. The first-order valence-corrected chi connectivity index (χ1v) is 28.9. The van der Waals surface area contributed by atoms with E-state index in [4.69, 9.17) is 18.9 Å². The molecule has 0 N–H and O–H groups in total. The van der Waals surface area contributed by atoms with Crippen LogP contribution < -0.4 is 5.11 Å². The van der Waals surface area contributed by atoms with E-state index in [-0.39, 0.29) is 38.6 Å². The van der Waals surface area contributed by atoms with Gasteiger partial charge < -0.3 is 33.3 Å². The Hall–Kier alpha value is -3.79. The van der Waals surface area contributed by atoms with Crippen molar-refractivity contribution in [3.8, 4) is 0 Å².